The summed E-state index contributed by atoms with van der Waals surface area (Å²) in [7, 11) is 0. The lowest BCUT2D eigenvalue weighted by Crippen LogP contribution is -2.19. The first-order valence-electron chi connectivity index (χ1n) is 8.17. The van der Waals surface area contributed by atoms with Gasteiger partial charge in [0.1, 0.15) is 5.75 Å². The normalized spacial score (nSPS) is 14.0. The largest absolute Gasteiger partial charge is 0.493 e. The Balaban J connectivity index is 2.62. The number of unbranched alkanes of at least 4 members (excludes halogenated alkanes) is 1. The SMILES string of the molecule is CCCCC(CC)COc1ccccc1C(C)NCC. The van der Waals surface area contributed by atoms with E-state index in [-0.39, 0.29) is 0 Å². The molecule has 0 saturated carbocycles. The Morgan fingerprint density at radius 1 is 1.15 bits per heavy atom. The quantitative estimate of drug-likeness (QED) is 0.653. The zero-order valence-corrected chi connectivity index (χ0v) is 13.6. The average molecular weight is 277 g/mol. The van der Waals surface area contributed by atoms with Crippen LogP contribution in [-0.2, 0) is 0 Å². The molecule has 0 spiro atoms. The van der Waals surface area contributed by atoms with Crippen LogP contribution in [0.4, 0.5) is 0 Å². The summed E-state index contributed by atoms with van der Waals surface area (Å²) in [4.78, 5) is 0. The van der Waals surface area contributed by atoms with Gasteiger partial charge in [-0.3, -0.25) is 0 Å². The predicted molar refractivity (Wildman–Crippen MR) is 87.3 cm³/mol. The van der Waals surface area contributed by atoms with Gasteiger partial charge in [-0.25, -0.2) is 0 Å². The second-order valence-electron chi connectivity index (χ2n) is 5.54. The van der Waals surface area contributed by atoms with Crippen molar-refractivity contribution >= 4 is 0 Å². The lowest BCUT2D eigenvalue weighted by Gasteiger charge is -2.20. The minimum Gasteiger partial charge on any atom is -0.493 e. The maximum atomic E-state index is 6.11. The Bertz CT molecular complexity index is 364. The first-order chi connectivity index (χ1) is 9.72. The molecule has 0 amide bonds. The fraction of sp³-hybridized carbons (Fsp3) is 0.667. The Labute approximate surface area is 124 Å². The highest BCUT2D eigenvalue weighted by Gasteiger charge is 2.12. The van der Waals surface area contributed by atoms with Gasteiger partial charge < -0.3 is 10.1 Å². The Morgan fingerprint density at radius 3 is 2.55 bits per heavy atom. The molecule has 2 nitrogen and oxygen atoms in total. The van der Waals surface area contributed by atoms with Crippen molar-refractivity contribution in [3.63, 3.8) is 0 Å². The molecule has 0 fully saturated rings. The van der Waals surface area contributed by atoms with E-state index >= 15 is 0 Å². The maximum absolute atomic E-state index is 6.11. The van der Waals surface area contributed by atoms with E-state index in [1.165, 1.54) is 31.2 Å². The Morgan fingerprint density at radius 2 is 1.90 bits per heavy atom. The molecule has 1 aromatic rings. The zero-order valence-electron chi connectivity index (χ0n) is 13.6. The first-order valence-corrected chi connectivity index (χ1v) is 8.17. The number of rotatable bonds is 10. The molecular formula is C18H31NO. The van der Waals surface area contributed by atoms with Gasteiger partial charge in [-0.15, -0.1) is 0 Å². The molecule has 1 rings (SSSR count). The van der Waals surface area contributed by atoms with Crippen molar-refractivity contribution in [1.82, 2.24) is 5.32 Å². The van der Waals surface area contributed by atoms with Crippen LogP contribution < -0.4 is 10.1 Å². The van der Waals surface area contributed by atoms with Gasteiger partial charge in [0.25, 0.3) is 0 Å². The van der Waals surface area contributed by atoms with Crippen LogP contribution in [0.2, 0.25) is 0 Å². The molecule has 0 heterocycles. The average Bonchev–Trinajstić information content (AvgIpc) is 2.48. The summed E-state index contributed by atoms with van der Waals surface area (Å²) >= 11 is 0. The van der Waals surface area contributed by atoms with Crippen molar-refractivity contribution in [2.75, 3.05) is 13.2 Å². The molecule has 0 aliphatic heterocycles. The Hall–Kier alpha value is -1.02. The smallest absolute Gasteiger partial charge is 0.124 e. The van der Waals surface area contributed by atoms with E-state index < -0.39 is 0 Å². The highest BCUT2D eigenvalue weighted by atomic mass is 16.5. The van der Waals surface area contributed by atoms with E-state index in [0.717, 1.165) is 18.9 Å². The molecule has 0 aliphatic carbocycles. The van der Waals surface area contributed by atoms with Crippen molar-refractivity contribution < 1.29 is 4.74 Å². The van der Waals surface area contributed by atoms with Gasteiger partial charge in [-0.05, 0) is 31.9 Å². The molecule has 0 bridgehead atoms. The molecule has 114 valence electrons. The molecule has 2 heteroatoms. The monoisotopic (exact) mass is 277 g/mol. The van der Waals surface area contributed by atoms with Crippen molar-refractivity contribution in [3.8, 4) is 5.75 Å². The molecule has 0 saturated heterocycles. The number of benzene rings is 1. The second kappa shape index (κ2) is 9.82. The standard InChI is InChI=1S/C18H31NO/c1-5-8-11-16(6-2)14-20-18-13-10-9-12-17(18)15(4)19-7-3/h9-10,12-13,15-16,19H,5-8,11,14H2,1-4H3. The topological polar surface area (TPSA) is 21.3 Å². The molecule has 0 aromatic heterocycles. The minimum atomic E-state index is 0.340. The third kappa shape index (κ3) is 5.54. The Kier molecular flexibility index (Phi) is 8.36. The van der Waals surface area contributed by atoms with Crippen molar-refractivity contribution in [3.05, 3.63) is 29.8 Å². The summed E-state index contributed by atoms with van der Waals surface area (Å²) in [6, 6.07) is 8.74. The van der Waals surface area contributed by atoms with Crippen LogP contribution in [-0.4, -0.2) is 13.2 Å². The van der Waals surface area contributed by atoms with Gasteiger partial charge in [-0.1, -0.05) is 58.2 Å². The fourth-order valence-corrected chi connectivity index (χ4v) is 2.49. The van der Waals surface area contributed by atoms with Crippen molar-refractivity contribution in [2.45, 2.75) is 59.4 Å². The molecule has 0 aliphatic rings. The fourth-order valence-electron chi connectivity index (χ4n) is 2.49. The predicted octanol–water partition coefficient (Wildman–Crippen LogP) is 4.95. The number of ether oxygens (including phenoxy) is 1. The van der Waals surface area contributed by atoms with Crippen molar-refractivity contribution in [1.29, 1.82) is 0 Å². The summed E-state index contributed by atoms with van der Waals surface area (Å²) in [5.74, 6) is 1.72. The molecule has 1 aromatic carbocycles. The second-order valence-corrected chi connectivity index (χ2v) is 5.54. The lowest BCUT2D eigenvalue weighted by atomic mass is 10.0. The first kappa shape index (κ1) is 17.0. The molecule has 0 radical (unpaired) electrons. The van der Waals surface area contributed by atoms with E-state index in [1.807, 2.05) is 0 Å². The van der Waals surface area contributed by atoms with Crippen LogP contribution >= 0.6 is 0 Å². The van der Waals surface area contributed by atoms with Gasteiger partial charge in [0.2, 0.25) is 0 Å². The van der Waals surface area contributed by atoms with E-state index in [4.69, 9.17) is 4.74 Å². The molecule has 2 atom stereocenters. The van der Waals surface area contributed by atoms with Gasteiger partial charge >= 0.3 is 0 Å². The minimum absolute atomic E-state index is 0.340. The third-order valence-corrected chi connectivity index (χ3v) is 3.91. The summed E-state index contributed by atoms with van der Waals surface area (Å²) < 4.78 is 6.11. The molecular weight excluding hydrogens is 246 g/mol. The molecule has 2 unspecified atom stereocenters. The summed E-state index contributed by atoms with van der Waals surface area (Å²) in [5, 5.41) is 3.46. The number of para-hydroxylation sites is 1. The maximum Gasteiger partial charge on any atom is 0.124 e. The zero-order chi connectivity index (χ0) is 14.8. The van der Waals surface area contributed by atoms with Crippen LogP contribution in [0.3, 0.4) is 0 Å². The highest BCUT2D eigenvalue weighted by molar-refractivity contribution is 5.35. The van der Waals surface area contributed by atoms with E-state index in [2.05, 4.69) is 57.3 Å². The highest BCUT2D eigenvalue weighted by Crippen LogP contribution is 2.26. The lowest BCUT2D eigenvalue weighted by molar-refractivity contribution is 0.230. The van der Waals surface area contributed by atoms with Gasteiger partial charge in [0, 0.05) is 11.6 Å². The van der Waals surface area contributed by atoms with Crippen LogP contribution in [0, 0.1) is 5.92 Å². The van der Waals surface area contributed by atoms with Crippen molar-refractivity contribution in [2.24, 2.45) is 5.92 Å². The van der Waals surface area contributed by atoms with E-state index in [1.54, 1.807) is 0 Å². The van der Waals surface area contributed by atoms with Crippen LogP contribution in [0.15, 0.2) is 24.3 Å². The summed E-state index contributed by atoms with van der Waals surface area (Å²) in [6.45, 7) is 10.7. The molecule has 20 heavy (non-hydrogen) atoms. The third-order valence-electron chi connectivity index (χ3n) is 3.91. The number of hydrogen-bond donors (Lipinski definition) is 1. The van der Waals surface area contributed by atoms with Gasteiger partial charge in [0.15, 0.2) is 0 Å². The summed E-state index contributed by atoms with van der Waals surface area (Å²) in [6.07, 6.45) is 5.05. The number of nitrogens with one attached hydrogen (secondary N) is 1. The molecule has 1 N–H and O–H groups in total. The van der Waals surface area contributed by atoms with Crippen LogP contribution in [0.5, 0.6) is 5.75 Å². The van der Waals surface area contributed by atoms with Crippen LogP contribution in [0.25, 0.3) is 0 Å². The van der Waals surface area contributed by atoms with E-state index in [0.29, 0.717) is 12.0 Å². The van der Waals surface area contributed by atoms with Gasteiger partial charge in [-0.2, -0.15) is 0 Å². The summed E-state index contributed by atoms with van der Waals surface area (Å²) in [5.41, 5.74) is 1.26. The van der Waals surface area contributed by atoms with Crippen LogP contribution in [0.1, 0.15) is 65.0 Å². The van der Waals surface area contributed by atoms with Gasteiger partial charge in [0.05, 0.1) is 6.61 Å². The number of hydrogen-bond acceptors (Lipinski definition) is 2. The van der Waals surface area contributed by atoms with E-state index in [9.17, 15) is 0 Å².